The minimum atomic E-state index is -0.564. The van der Waals surface area contributed by atoms with Crippen LogP contribution in [0.3, 0.4) is 0 Å². The molecule has 88 valence electrons. The molecule has 0 saturated carbocycles. The SMILES string of the molecule is CSCC(C)NC(=O)c1ccc(F)cc1O. The maximum atomic E-state index is 12.7. The summed E-state index contributed by atoms with van der Waals surface area (Å²) in [6.07, 6.45) is 1.94. The minimum Gasteiger partial charge on any atom is -0.507 e. The molecule has 1 aromatic carbocycles. The number of aromatic hydroxyl groups is 1. The summed E-state index contributed by atoms with van der Waals surface area (Å²) in [6, 6.07) is 3.35. The lowest BCUT2D eigenvalue weighted by atomic mass is 10.1. The first kappa shape index (κ1) is 12.8. The molecular weight excluding hydrogens is 229 g/mol. The fourth-order valence-electron chi connectivity index (χ4n) is 1.29. The summed E-state index contributed by atoms with van der Waals surface area (Å²) in [4.78, 5) is 11.7. The molecule has 1 amide bonds. The van der Waals surface area contributed by atoms with Crippen LogP contribution in [0.4, 0.5) is 4.39 Å². The Morgan fingerprint density at radius 3 is 2.88 bits per heavy atom. The van der Waals surface area contributed by atoms with Crippen LogP contribution in [0.25, 0.3) is 0 Å². The molecule has 0 aliphatic rings. The number of halogens is 1. The molecule has 0 spiro atoms. The third-order valence-electron chi connectivity index (χ3n) is 2.00. The first-order chi connectivity index (χ1) is 7.54. The monoisotopic (exact) mass is 243 g/mol. The fraction of sp³-hybridized carbons (Fsp3) is 0.364. The third-order valence-corrected chi connectivity index (χ3v) is 2.83. The number of phenolic OH excluding ortho intramolecular Hbond substituents is 1. The number of rotatable bonds is 4. The first-order valence-corrected chi connectivity index (χ1v) is 6.22. The first-order valence-electron chi connectivity index (χ1n) is 4.83. The Kier molecular flexibility index (Phi) is 4.61. The second-order valence-electron chi connectivity index (χ2n) is 3.49. The van der Waals surface area contributed by atoms with Crippen molar-refractivity contribution >= 4 is 17.7 Å². The van der Waals surface area contributed by atoms with Crippen molar-refractivity contribution < 1.29 is 14.3 Å². The van der Waals surface area contributed by atoms with E-state index in [0.29, 0.717) is 0 Å². The zero-order valence-corrected chi connectivity index (χ0v) is 9.97. The second kappa shape index (κ2) is 5.75. The van der Waals surface area contributed by atoms with Crippen molar-refractivity contribution in [2.45, 2.75) is 13.0 Å². The van der Waals surface area contributed by atoms with Gasteiger partial charge in [0, 0.05) is 17.9 Å². The molecule has 2 N–H and O–H groups in total. The van der Waals surface area contributed by atoms with Crippen molar-refractivity contribution in [3.8, 4) is 5.75 Å². The Hall–Kier alpha value is -1.23. The number of carbonyl (C=O) groups excluding carboxylic acids is 1. The lowest BCUT2D eigenvalue weighted by molar-refractivity contribution is 0.0941. The summed E-state index contributed by atoms with van der Waals surface area (Å²) in [5, 5.41) is 12.1. The van der Waals surface area contributed by atoms with E-state index in [0.717, 1.165) is 17.9 Å². The van der Waals surface area contributed by atoms with Crippen molar-refractivity contribution in [2.75, 3.05) is 12.0 Å². The van der Waals surface area contributed by atoms with E-state index >= 15 is 0 Å². The van der Waals surface area contributed by atoms with Gasteiger partial charge in [-0.05, 0) is 25.3 Å². The van der Waals surface area contributed by atoms with Crippen LogP contribution in [0.2, 0.25) is 0 Å². The summed E-state index contributed by atoms with van der Waals surface area (Å²) >= 11 is 1.62. The topological polar surface area (TPSA) is 49.3 Å². The van der Waals surface area contributed by atoms with Crippen molar-refractivity contribution in [2.24, 2.45) is 0 Å². The summed E-state index contributed by atoms with van der Waals surface area (Å²) in [5.74, 6) is -0.507. The maximum absolute atomic E-state index is 12.7. The predicted octanol–water partition coefficient (Wildman–Crippen LogP) is 2.01. The molecule has 5 heteroatoms. The van der Waals surface area contributed by atoms with E-state index in [1.54, 1.807) is 11.8 Å². The Morgan fingerprint density at radius 1 is 1.62 bits per heavy atom. The highest BCUT2D eigenvalue weighted by Gasteiger charge is 2.13. The van der Waals surface area contributed by atoms with Gasteiger partial charge in [0.1, 0.15) is 11.6 Å². The van der Waals surface area contributed by atoms with E-state index in [-0.39, 0.29) is 23.3 Å². The summed E-state index contributed by atoms with van der Waals surface area (Å²) in [6.45, 7) is 1.87. The minimum absolute atomic E-state index is 0.00644. The molecule has 0 aromatic heterocycles. The van der Waals surface area contributed by atoms with Gasteiger partial charge in [-0.15, -0.1) is 0 Å². The van der Waals surface area contributed by atoms with Gasteiger partial charge in [0.15, 0.2) is 0 Å². The smallest absolute Gasteiger partial charge is 0.255 e. The summed E-state index contributed by atoms with van der Waals surface area (Å²) in [7, 11) is 0. The molecule has 0 aliphatic heterocycles. The molecule has 0 aliphatic carbocycles. The number of carbonyl (C=O) groups is 1. The van der Waals surface area contributed by atoms with Crippen LogP contribution >= 0.6 is 11.8 Å². The van der Waals surface area contributed by atoms with E-state index in [2.05, 4.69) is 5.32 Å². The van der Waals surface area contributed by atoms with Crippen LogP contribution in [0.5, 0.6) is 5.75 Å². The molecule has 16 heavy (non-hydrogen) atoms. The predicted molar refractivity (Wildman–Crippen MR) is 63.4 cm³/mol. The van der Waals surface area contributed by atoms with Gasteiger partial charge >= 0.3 is 0 Å². The highest BCUT2D eigenvalue weighted by atomic mass is 32.2. The van der Waals surface area contributed by atoms with E-state index in [9.17, 15) is 14.3 Å². The average Bonchev–Trinajstić information content (AvgIpc) is 2.17. The van der Waals surface area contributed by atoms with Gasteiger partial charge in [-0.2, -0.15) is 11.8 Å². The number of benzene rings is 1. The molecular formula is C11H14FNO2S. The lowest BCUT2D eigenvalue weighted by Gasteiger charge is -2.12. The van der Waals surface area contributed by atoms with Crippen LogP contribution in [0.15, 0.2) is 18.2 Å². The van der Waals surface area contributed by atoms with Crippen LogP contribution in [-0.2, 0) is 0 Å². The van der Waals surface area contributed by atoms with E-state index < -0.39 is 5.82 Å². The molecule has 1 atom stereocenters. The number of nitrogens with one attached hydrogen (secondary N) is 1. The molecule has 1 unspecified atom stereocenters. The number of phenols is 1. The van der Waals surface area contributed by atoms with Gasteiger partial charge in [0.05, 0.1) is 5.56 Å². The average molecular weight is 243 g/mol. The Labute approximate surface area is 98.1 Å². The fourth-order valence-corrected chi connectivity index (χ4v) is 1.87. The molecule has 0 radical (unpaired) electrons. The van der Waals surface area contributed by atoms with Crippen molar-refractivity contribution in [3.05, 3.63) is 29.6 Å². The molecule has 3 nitrogen and oxygen atoms in total. The number of thioether (sulfide) groups is 1. The van der Waals surface area contributed by atoms with Gasteiger partial charge in [-0.3, -0.25) is 4.79 Å². The quantitative estimate of drug-likeness (QED) is 0.850. The van der Waals surface area contributed by atoms with Gasteiger partial charge in [0.25, 0.3) is 5.91 Å². The normalized spacial score (nSPS) is 12.2. The van der Waals surface area contributed by atoms with Gasteiger partial charge in [-0.1, -0.05) is 0 Å². The third kappa shape index (κ3) is 3.41. The molecule has 1 aromatic rings. The van der Waals surface area contributed by atoms with Crippen molar-refractivity contribution in [1.29, 1.82) is 0 Å². The zero-order valence-electron chi connectivity index (χ0n) is 9.16. The van der Waals surface area contributed by atoms with Crippen LogP contribution in [0, 0.1) is 5.82 Å². The highest BCUT2D eigenvalue weighted by Crippen LogP contribution is 2.17. The maximum Gasteiger partial charge on any atom is 0.255 e. The van der Waals surface area contributed by atoms with Gasteiger partial charge in [0.2, 0.25) is 0 Å². The standard InChI is InChI=1S/C11H14FNO2S/c1-7(6-16-2)13-11(15)9-4-3-8(12)5-10(9)14/h3-5,7,14H,6H2,1-2H3,(H,13,15). The molecule has 0 fully saturated rings. The van der Waals surface area contributed by atoms with Crippen LogP contribution < -0.4 is 5.32 Å². The summed E-state index contributed by atoms with van der Waals surface area (Å²) < 4.78 is 12.7. The largest absolute Gasteiger partial charge is 0.507 e. The van der Waals surface area contributed by atoms with Gasteiger partial charge in [-0.25, -0.2) is 4.39 Å². The van der Waals surface area contributed by atoms with Gasteiger partial charge < -0.3 is 10.4 Å². The zero-order chi connectivity index (χ0) is 12.1. The lowest BCUT2D eigenvalue weighted by Crippen LogP contribution is -2.34. The number of amides is 1. The van der Waals surface area contributed by atoms with Crippen molar-refractivity contribution in [1.82, 2.24) is 5.32 Å². The molecule has 0 heterocycles. The van der Waals surface area contributed by atoms with E-state index in [1.807, 2.05) is 13.2 Å². The van der Waals surface area contributed by atoms with Crippen molar-refractivity contribution in [3.63, 3.8) is 0 Å². The Bertz CT molecular complexity index is 384. The van der Waals surface area contributed by atoms with Crippen LogP contribution in [-0.4, -0.2) is 29.1 Å². The van der Waals surface area contributed by atoms with Crippen LogP contribution in [0.1, 0.15) is 17.3 Å². The number of hydrogen-bond donors (Lipinski definition) is 2. The molecule has 0 bridgehead atoms. The second-order valence-corrected chi connectivity index (χ2v) is 4.40. The Morgan fingerprint density at radius 2 is 2.31 bits per heavy atom. The van der Waals surface area contributed by atoms with E-state index in [1.165, 1.54) is 6.07 Å². The molecule has 0 saturated heterocycles. The van der Waals surface area contributed by atoms with E-state index in [4.69, 9.17) is 0 Å². The Balaban J connectivity index is 2.73. The number of hydrogen-bond acceptors (Lipinski definition) is 3. The summed E-state index contributed by atoms with van der Waals surface area (Å²) in [5.41, 5.74) is 0.0920. The molecule has 1 rings (SSSR count). The highest BCUT2D eigenvalue weighted by molar-refractivity contribution is 7.98.